The van der Waals surface area contributed by atoms with Crippen molar-refractivity contribution in [3.63, 3.8) is 0 Å². The van der Waals surface area contributed by atoms with Crippen molar-refractivity contribution in [1.82, 2.24) is 9.78 Å². The van der Waals surface area contributed by atoms with E-state index in [1.807, 2.05) is 36.1 Å². The summed E-state index contributed by atoms with van der Waals surface area (Å²) in [5, 5.41) is 4.16. The lowest BCUT2D eigenvalue weighted by molar-refractivity contribution is 0.591. The van der Waals surface area contributed by atoms with Crippen molar-refractivity contribution in [2.75, 3.05) is 0 Å². The molecule has 1 unspecified atom stereocenters. The van der Waals surface area contributed by atoms with Crippen molar-refractivity contribution in [3.05, 3.63) is 53.9 Å². The van der Waals surface area contributed by atoms with Gasteiger partial charge in [-0.05, 0) is 30.9 Å². The van der Waals surface area contributed by atoms with Crippen LogP contribution in [0.4, 0.5) is 0 Å². The molecule has 1 aromatic carbocycles. The van der Waals surface area contributed by atoms with Crippen molar-refractivity contribution in [3.8, 4) is 0 Å². The highest BCUT2D eigenvalue weighted by Gasteiger charge is 2.05. The molecule has 1 aromatic heterocycles. The fourth-order valence-corrected chi connectivity index (χ4v) is 2.02. The second-order valence-electron chi connectivity index (χ2n) is 4.36. The van der Waals surface area contributed by atoms with E-state index in [9.17, 15) is 0 Å². The average Bonchev–Trinajstić information content (AvgIpc) is 2.76. The van der Waals surface area contributed by atoms with Gasteiger partial charge in [-0.25, -0.2) is 0 Å². The van der Waals surface area contributed by atoms with E-state index in [4.69, 9.17) is 5.73 Å². The number of aromatic nitrogens is 2. The third-order valence-electron chi connectivity index (χ3n) is 3.10. The molecule has 0 spiro atoms. The molecule has 17 heavy (non-hydrogen) atoms. The Morgan fingerprint density at radius 2 is 2.00 bits per heavy atom. The van der Waals surface area contributed by atoms with Crippen molar-refractivity contribution in [2.45, 2.75) is 25.3 Å². The lowest BCUT2D eigenvalue weighted by atomic mass is 10.0. The van der Waals surface area contributed by atoms with E-state index in [1.165, 1.54) is 11.3 Å². The zero-order valence-corrected chi connectivity index (χ0v) is 10.2. The largest absolute Gasteiger partial charge is 0.324 e. The van der Waals surface area contributed by atoms with Crippen molar-refractivity contribution in [1.29, 1.82) is 0 Å². The molecule has 0 bridgehead atoms. The van der Waals surface area contributed by atoms with Crippen LogP contribution >= 0.6 is 0 Å². The summed E-state index contributed by atoms with van der Waals surface area (Å²) in [6.07, 6.45) is 4.98. The number of hydrogen-bond donors (Lipinski definition) is 1. The van der Waals surface area contributed by atoms with Crippen LogP contribution in [0.5, 0.6) is 0 Å². The van der Waals surface area contributed by atoms with Gasteiger partial charge >= 0.3 is 0 Å². The van der Waals surface area contributed by atoms with Crippen LogP contribution in [-0.4, -0.2) is 9.78 Å². The van der Waals surface area contributed by atoms with Gasteiger partial charge in [-0.2, -0.15) is 5.10 Å². The SMILES string of the molecule is Cn1nccc1CCCC(N)c1ccccc1. The van der Waals surface area contributed by atoms with E-state index < -0.39 is 0 Å². The molecule has 0 saturated heterocycles. The zero-order valence-electron chi connectivity index (χ0n) is 10.2. The first-order valence-corrected chi connectivity index (χ1v) is 6.05. The molecular formula is C14H19N3. The molecule has 3 nitrogen and oxygen atoms in total. The number of benzene rings is 1. The van der Waals surface area contributed by atoms with E-state index in [0.717, 1.165) is 19.3 Å². The van der Waals surface area contributed by atoms with E-state index in [-0.39, 0.29) is 6.04 Å². The Kier molecular flexibility index (Phi) is 3.94. The highest BCUT2D eigenvalue weighted by atomic mass is 15.2. The van der Waals surface area contributed by atoms with Crippen molar-refractivity contribution in [2.24, 2.45) is 12.8 Å². The normalized spacial score (nSPS) is 12.6. The molecule has 90 valence electrons. The maximum atomic E-state index is 6.15. The first-order valence-electron chi connectivity index (χ1n) is 6.05. The number of rotatable bonds is 5. The molecular weight excluding hydrogens is 210 g/mol. The highest BCUT2D eigenvalue weighted by Crippen LogP contribution is 2.16. The predicted octanol–water partition coefficient (Wildman–Crippen LogP) is 2.44. The summed E-state index contributed by atoms with van der Waals surface area (Å²) in [5.41, 5.74) is 8.64. The molecule has 1 atom stereocenters. The quantitative estimate of drug-likeness (QED) is 0.855. The smallest absolute Gasteiger partial charge is 0.0492 e. The monoisotopic (exact) mass is 229 g/mol. The van der Waals surface area contributed by atoms with Crippen molar-refractivity contribution >= 4 is 0 Å². The summed E-state index contributed by atoms with van der Waals surface area (Å²) < 4.78 is 1.92. The van der Waals surface area contributed by atoms with Crippen LogP contribution in [0.15, 0.2) is 42.6 Å². The molecule has 0 radical (unpaired) electrons. The third-order valence-corrected chi connectivity index (χ3v) is 3.10. The molecule has 0 aliphatic carbocycles. The molecule has 0 aliphatic rings. The molecule has 2 rings (SSSR count). The van der Waals surface area contributed by atoms with Gasteiger partial charge in [0.1, 0.15) is 0 Å². The van der Waals surface area contributed by atoms with Gasteiger partial charge in [0.2, 0.25) is 0 Å². The third kappa shape index (κ3) is 3.17. The van der Waals surface area contributed by atoms with Gasteiger partial charge in [-0.3, -0.25) is 4.68 Å². The van der Waals surface area contributed by atoms with Crippen LogP contribution in [0.1, 0.15) is 30.1 Å². The summed E-state index contributed by atoms with van der Waals surface area (Å²) in [4.78, 5) is 0. The summed E-state index contributed by atoms with van der Waals surface area (Å²) in [7, 11) is 1.98. The van der Waals surface area contributed by atoms with Gasteiger partial charge in [-0.1, -0.05) is 30.3 Å². The van der Waals surface area contributed by atoms with Gasteiger partial charge in [0.05, 0.1) is 0 Å². The molecule has 0 amide bonds. The molecule has 2 N–H and O–H groups in total. The standard InChI is InChI=1S/C14H19N3/c1-17-13(10-11-16-17)8-5-9-14(15)12-6-3-2-4-7-12/h2-4,6-7,10-11,14H,5,8-9,15H2,1H3. The van der Waals surface area contributed by atoms with Crippen LogP contribution in [0.2, 0.25) is 0 Å². The van der Waals surface area contributed by atoms with E-state index in [1.54, 1.807) is 0 Å². The van der Waals surface area contributed by atoms with Gasteiger partial charge in [0.15, 0.2) is 0 Å². The van der Waals surface area contributed by atoms with E-state index >= 15 is 0 Å². The second kappa shape index (κ2) is 5.64. The lowest BCUT2D eigenvalue weighted by Gasteiger charge is -2.11. The minimum absolute atomic E-state index is 0.143. The van der Waals surface area contributed by atoms with Gasteiger partial charge in [0, 0.05) is 25.0 Å². The number of nitrogens with zero attached hydrogens (tertiary/aromatic N) is 2. The fourth-order valence-electron chi connectivity index (χ4n) is 2.02. The molecule has 0 saturated carbocycles. The first-order chi connectivity index (χ1) is 8.27. The first kappa shape index (κ1) is 11.9. The Balaban J connectivity index is 1.81. The molecule has 0 fully saturated rings. The Morgan fingerprint density at radius 1 is 1.24 bits per heavy atom. The molecule has 3 heteroatoms. The van der Waals surface area contributed by atoms with Crippen LogP contribution in [0, 0.1) is 0 Å². The number of nitrogens with two attached hydrogens (primary N) is 1. The molecule has 2 aromatic rings. The number of aryl methyl sites for hydroxylation is 2. The van der Waals surface area contributed by atoms with E-state index in [0.29, 0.717) is 0 Å². The van der Waals surface area contributed by atoms with Gasteiger partial charge in [0.25, 0.3) is 0 Å². The predicted molar refractivity (Wildman–Crippen MR) is 69.5 cm³/mol. The minimum atomic E-state index is 0.143. The van der Waals surface area contributed by atoms with Crippen molar-refractivity contribution < 1.29 is 0 Å². The molecule has 0 aliphatic heterocycles. The Hall–Kier alpha value is -1.61. The van der Waals surface area contributed by atoms with Crippen LogP contribution in [0.3, 0.4) is 0 Å². The summed E-state index contributed by atoms with van der Waals surface area (Å²) in [6, 6.07) is 12.5. The summed E-state index contributed by atoms with van der Waals surface area (Å²) >= 11 is 0. The zero-order chi connectivity index (χ0) is 12.1. The Morgan fingerprint density at radius 3 is 2.65 bits per heavy atom. The minimum Gasteiger partial charge on any atom is -0.324 e. The topological polar surface area (TPSA) is 43.8 Å². The van der Waals surface area contributed by atoms with Crippen LogP contribution in [0.25, 0.3) is 0 Å². The Bertz CT molecular complexity index is 448. The maximum absolute atomic E-state index is 6.15. The molecule has 1 heterocycles. The Labute approximate surface area is 102 Å². The number of hydrogen-bond acceptors (Lipinski definition) is 2. The van der Waals surface area contributed by atoms with Gasteiger partial charge < -0.3 is 5.73 Å². The lowest BCUT2D eigenvalue weighted by Crippen LogP contribution is -2.10. The summed E-state index contributed by atoms with van der Waals surface area (Å²) in [6.45, 7) is 0. The fraction of sp³-hybridized carbons (Fsp3) is 0.357. The van der Waals surface area contributed by atoms with Crippen LogP contribution in [-0.2, 0) is 13.5 Å². The van der Waals surface area contributed by atoms with E-state index in [2.05, 4.69) is 23.3 Å². The van der Waals surface area contributed by atoms with Gasteiger partial charge in [-0.15, -0.1) is 0 Å². The maximum Gasteiger partial charge on any atom is 0.0492 e. The van der Waals surface area contributed by atoms with Crippen LogP contribution < -0.4 is 5.73 Å². The highest BCUT2D eigenvalue weighted by molar-refractivity contribution is 5.18. The second-order valence-corrected chi connectivity index (χ2v) is 4.36. The summed E-state index contributed by atoms with van der Waals surface area (Å²) in [5.74, 6) is 0. The average molecular weight is 229 g/mol.